The van der Waals surface area contributed by atoms with E-state index in [1.54, 1.807) is 36.5 Å². The average Bonchev–Trinajstić information content (AvgIpc) is 2.23. The van der Waals surface area contributed by atoms with Crippen LogP contribution in [-0.4, -0.2) is 10.1 Å². The molecule has 0 radical (unpaired) electrons. The Labute approximate surface area is 127 Å². The third-order valence-corrected chi connectivity index (χ3v) is 2.80. The Bertz CT molecular complexity index is 511. The Morgan fingerprint density at radius 1 is 1.12 bits per heavy atom. The van der Waals surface area contributed by atoms with Gasteiger partial charge in [-0.1, -0.05) is 35.3 Å². The first-order chi connectivity index (χ1) is 7.20. The molecule has 2 rings (SSSR count). The first kappa shape index (κ1) is 13.8. The molecule has 0 aliphatic heterocycles. The zero-order valence-corrected chi connectivity index (χ0v) is 12.1. The number of rotatable bonds is 1. The van der Waals surface area contributed by atoms with Crippen molar-refractivity contribution in [3.8, 4) is 17.0 Å². The number of aromatic hydroxyl groups is 1. The van der Waals surface area contributed by atoms with Crippen molar-refractivity contribution in [3.63, 3.8) is 0 Å². The second-order valence-corrected chi connectivity index (χ2v) is 3.76. The number of pyridine rings is 1. The Morgan fingerprint density at radius 2 is 1.81 bits per heavy atom. The van der Waals surface area contributed by atoms with Crippen molar-refractivity contribution in [3.05, 3.63) is 46.6 Å². The van der Waals surface area contributed by atoms with E-state index in [0.717, 1.165) is 0 Å². The van der Waals surface area contributed by atoms with Gasteiger partial charge < -0.3 is 6.53 Å². The minimum atomic E-state index is 0. The number of aromatic nitrogens is 1. The molecule has 2 aromatic rings. The van der Waals surface area contributed by atoms with E-state index in [0.29, 0.717) is 21.3 Å². The normalized spacial score (nSPS) is 9.62. The van der Waals surface area contributed by atoms with Gasteiger partial charge in [-0.25, -0.2) is 0 Å². The second kappa shape index (κ2) is 5.89. The van der Waals surface area contributed by atoms with Crippen LogP contribution in [0, 0.1) is 0 Å². The topological polar surface area (TPSA) is 33.1 Å². The van der Waals surface area contributed by atoms with Crippen molar-refractivity contribution in [1.29, 1.82) is 0 Å². The van der Waals surface area contributed by atoms with Crippen LogP contribution in [0.3, 0.4) is 0 Å². The number of benzene rings is 1. The van der Waals surface area contributed by atoms with Gasteiger partial charge in [-0.15, -0.1) is 0 Å². The van der Waals surface area contributed by atoms with Gasteiger partial charge >= 0.3 is 29.6 Å². The fourth-order valence-corrected chi connectivity index (χ4v) is 1.64. The molecule has 0 saturated heterocycles. The SMILES string of the molecule is Oc1ccccc1-c1nccc(Cl)c1Cl.[H-].[Na+]. The van der Waals surface area contributed by atoms with Gasteiger partial charge in [0.1, 0.15) is 5.75 Å². The van der Waals surface area contributed by atoms with Crippen molar-refractivity contribution < 1.29 is 36.1 Å². The van der Waals surface area contributed by atoms with Crippen LogP contribution in [-0.2, 0) is 0 Å². The van der Waals surface area contributed by atoms with Crippen molar-refractivity contribution in [2.75, 3.05) is 0 Å². The Balaban J connectivity index is 0.00000128. The van der Waals surface area contributed by atoms with E-state index in [-0.39, 0.29) is 36.7 Å². The smallest absolute Gasteiger partial charge is 1.00 e. The number of nitrogens with zero attached hydrogens (tertiary/aromatic N) is 1. The number of halogens is 2. The molecule has 0 fully saturated rings. The van der Waals surface area contributed by atoms with E-state index in [1.807, 2.05) is 0 Å². The van der Waals surface area contributed by atoms with Gasteiger partial charge in [0.05, 0.1) is 15.7 Å². The van der Waals surface area contributed by atoms with Crippen LogP contribution in [0.2, 0.25) is 10.0 Å². The maximum atomic E-state index is 9.64. The Kier molecular flexibility index (Phi) is 5.09. The quantitative estimate of drug-likeness (QED) is 0.775. The van der Waals surface area contributed by atoms with Crippen molar-refractivity contribution in [2.24, 2.45) is 0 Å². The third-order valence-electron chi connectivity index (χ3n) is 2.00. The minimum Gasteiger partial charge on any atom is -1.00 e. The van der Waals surface area contributed by atoms with Crippen LogP contribution < -0.4 is 29.6 Å². The van der Waals surface area contributed by atoms with E-state index in [1.165, 1.54) is 0 Å². The maximum Gasteiger partial charge on any atom is 1.00 e. The number of phenolic OH excluding ortho intramolecular Hbond substituents is 1. The summed E-state index contributed by atoms with van der Waals surface area (Å²) in [6, 6.07) is 8.45. The van der Waals surface area contributed by atoms with Crippen LogP contribution in [0.25, 0.3) is 11.3 Å². The fourth-order valence-electron chi connectivity index (χ4n) is 1.28. The predicted molar refractivity (Wildman–Crippen MR) is 62.5 cm³/mol. The zero-order chi connectivity index (χ0) is 10.8. The molecule has 0 aliphatic carbocycles. The number of para-hydroxylation sites is 1. The van der Waals surface area contributed by atoms with Crippen LogP contribution >= 0.6 is 23.2 Å². The Morgan fingerprint density at radius 3 is 2.50 bits per heavy atom. The molecule has 0 amide bonds. The molecular weight excluding hydrogens is 256 g/mol. The summed E-state index contributed by atoms with van der Waals surface area (Å²) in [4.78, 5) is 4.09. The van der Waals surface area contributed by atoms with Gasteiger partial charge in [0.25, 0.3) is 0 Å². The number of hydrogen-bond acceptors (Lipinski definition) is 2. The first-order valence-corrected chi connectivity index (χ1v) is 5.04. The minimum absolute atomic E-state index is 0. The third kappa shape index (κ3) is 2.70. The zero-order valence-electron chi connectivity index (χ0n) is 9.61. The predicted octanol–water partition coefficient (Wildman–Crippen LogP) is 0.877. The summed E-state index contributed by atoms with van der Waals surface area (Å²) in [5.41, 5.74) is 1.06. The molecule has 1 aromatic carbocycles. The van der Waals surface area contributed by atoms with Crippen LogP contribution in [0.1, 0.15) is 1.43 Å². The monoisotopic (exact) mass is 263 g/mol. The molecule has 0 unspecified atom stereocenters. The molecule has 0 spiro atoms. The molecule has 1 aromatic heterocycles. The molecular formula is C11H8Cl2NNaO. The number of hydrogen-bond donors (Lipinski definition) is 1. The van der Waals surface area contributed by atoms with Gasteiger partial charge in [-0.05, 0) is 18.2 Å². The molecule has 0 aliphatic rings. The van der Waals surface area contributed by atoms with Gasteiger partial charge in [-0.3, -0.25) is 4.98 Å². The molecule has 78 valence electrons. The largest absolute Gasteiger partial charge is 1.00 e. The summed E-state index contributed by atoms with van der Waals surface area (Å²) in [5.74, 6) is 0.133. The molecule has 0 saturated carbocycles. The summed E-state index contributed by atoms with van der Waals surface area (Å²) in [7, 11) is 0. The number of phenols is 1. The van der Waals surface area contributed by atoms with Crippen LogP contribution in [0.4, 0.5) is 0 Å². The summed E-state index contributed by atoms with van der Waals surface area (Å²) >= 11 is 11.9. The van der Waals surface area contributed by atoms with Gasteiger partial charge in [0, 0.05) is 11.8 Å². The molecule has 16 heavy (non-hydrogen) atoms. The first-order valence-electron chi connectivity index (χ1n) is 4.28. The summed E-state index contributed by atoms with van der Waals surface area (Å²) < 4.78 is 0. The maximum absolute atomic E-state index is 9.64. The fraction of sp³-hybridized carbons (Fsp3) is 0. The molecule has 0 atom stereocenters. The van der Waals surface area contributed by atoms with Gasteiger partial charge in [-0.2, -0.15) is 0 Å². The van der Waals surface area contributed by atoms with E-state index in [2.05, 4.69) is 4.98 Å². The van der Waals surface area contributed by atoms with Gasteiger partial charge in [0.15, 0.2) is 0 Å². The molecule has 2 nitrogen and oxygen atoms in total. The van der Waals surface area contributed by atoms with E-state index in [9.17, 15) is 5.11 Å². The molecule has 0 bridgehead atoms. The van der Waals surface area contributed by atoms with E-state index < -0.39 is 0 Å². The second-order valence-electron chi connectivity index (χ2n) is 2.97. The van der Waals surface area contributed by atoms with Crippen LogP contribution in [0.5, 0.6) is 5.75 Å². The van der Waals surface area contributed by atoms with Crippen molar-refractivity contribution >= 4 is 23.2 Å². The standard InChI is InChI=1S/C11H7Cl2NO.Na.H/c12-8-5-6-14-11(10(8)13)7-3-1-2-4-9(7)15;;/h1-6,15H;;/q;+1;-1. The Hall–Kier alpha value is -0.250. The van der Waals surface area contributed by atoms with Crippen LogP contribution in [0.15, 0.2) is 36.5 Å². The molecule has 5 heteroatoms. The van der Waals surface area contributed by atoms with E-state index in [4.69, 9.17) is 23.2 Å². The average molecular weight is 264 g/mol. The molecule has 1 heterocycles. The van der Waals surface area contributed by atoms with E-state index >= 15 is 0 Å². The summed E-state index contributed by atoms with van der Waals surface area (Å²) in [6.45, 7) is 0. The molecule has 1 N–H and O–H groups in total. The van der Waals surface area contributed by atoms with Crippen molar-refractivity contribution in [1.82, 2.24) is 4.98 Å². The van der Waals surface area contributed by atoms with Gasteiger partial charge in [0.2, 0.25) is 0 Å². The summed E-state index contributed by atoms with van der Waals surface area (Å²) in [6.07, 6.45) is 1.55. The van der Waals surface area contributed by atoms with Crippen molar-refractivity contribution in [2.45, 2.75) is 0 Å². The summed E-state index contributed by atoms with van der Waals surface area (Å²) in [5, 5.41) is 10.4.